The Bertz CT molecular complexity index is 344. The highest BCUT2D eigenvalue weighted by atomic mass is 19.1. The molecule has 0 unspecified atom stereocenters. The van der Waals surface area contributed by atoms with Crippen molar-refractivity contribution in [2.75, 3.05) is 26.4 Å². The first-order chi connectivity index (χ1) is 7.92. The highest BCUT2D eigenvalue weighted by Crippen LogP contribution is 2.33. The fourth-order valence-electron chi connectivity index (χ4n) is 1.69. The maximum Gasteiger partial charge on any atom is 0.165 e. The number of rotatable bonds is 5. The Morgan fingerprint density at radius 3 is 3.00 bits per heavy atom. The Hall–Kier alpha value is -1.29. The van der Waals surface area contributed by atoms with Crippen LogP contribution in [-0.4, -0.2) is 26.4 Å². The zero-order chi connectivity index (χ0) is 11.2. The maximum atomic E-state index is 11.9. The van der Waals surface area contributed by atoms with Gasteiger partial charge in [-0.2, -0.15) is 0 Å². The van der Waals surface area contributed by atoms with Gasteiger partial charge in [0.25, 0.3) is 0 Å². The first-order valence-electron chi connectivity index (χ1n) is 5.56. The van der Waals surface area contributed by atoms with E-state index in [4.69, 9.17) is 9.47 Å². The van der Waals surface area contributed by atoms with E-state index in [2.05, 4.69) is 5.32 Å². The van der Waals surface area contributed by atoms with Crippen molar-refractivity contribution in [3.05, 3.63) is 23.8 Å². The van der Waals surface area contributed by atoms with Crippen LogP contribution in [0.5, 0.6) is 11.5 Å². The minimum absolute atomic E-state index is 0.278. The predicted molar refractivity (Wildman–Crippen MR) is 59.7 cm³/mol. The summed E-state index contributed by atoms with van der Waals surface area (Å²) >= 11 is 0. The minimum Gasteiger partial charge on any atom is -0.486 e. The first kappa shape index (κ1) is 11.2. The van der Waals surface area contributed by atoms with E-state index >= 15 is 0 Å². The second kappa shape index (κ2) is 5.70. The van der Waals surface area contributed by atoms with Gasteiger partial charge in [0.1, 0.15) is 13.2 Å². The van der Waals surface area contributed by atoms with Gasteiger partial charge < -0.3 is 14.8 Å². The maximum absolute atomic E-state index is 11.9. The number of halogens is 1. The van der Waals surface area contributed by atoms with Crippen LogP contribution in [0.2, 0.25) is 0 Å². The molecule has 3 nitrogen and oxygen atoms in total. The van der Waals surface area contributed by atoms with Gasteiger partial charge in [0, 0.05) is 12.1 Å². The van der Waals surface area contributed by atoms with Crippen LogP contribution in [-0.2, 0) is 6.54 Å². The molecule has 0 radical (unpaired) electrons. The van der Waals surface area contributed by atoms with Gasteiger partial charge in [-0.25, -0.2) is 0 Å². The Balaban J connectivity index is 1.97. The zero-order valence-corrected chi connectivity index (χ0v) is 9.17. The van der Waals surface area contributed by atoms with E-state index in [1.807, 2.05) is 18.2 Å². The summed E-state index contributed by atoms with van der Waals surface area (Å²) in [5.41, 5.74) is 1.07. The number of nitrogens with one attached hydrogen (secondary N) is 1. The molecule has 4 heteroatoms. The highest BCUT2D eigenvalue weighted by molar-refractivity contribution is 5.47. The number of ether oxygens (including phenoxy) is 2. The number of hydrogen-bond acceptors (Lipinski definition) is 3. The normalized spacial score (nSPS) is 13.8. The largest absolute Gasteiger partial charge is 0.486 e. The molecule has 1 heterocycles. The molecule has 0 saturated heterocycles. The summed E-state index contributed by atoms with van der Waals surface area (Å²) < 4.78 is 23.0. The zero-order valence-electron chi connectivity index (χ0n) is 9.17. The van der Waals surface area contributed by atoms with Crippen molar-refractivity contribution in [3.63, 3.8) is 0 Å². The molecule has 0 spiro atoms. The second-order valence-electron chi connectivity index (χ2n) is 3.66. The molecule has 0 atom stereocenters. The number of fused-ring (bicyclic) bond motifs is 1. The predicted octanol–water partition coefficient (Wildman–Crippen LogP) is 1.91. The number of hydrogen-bond donors (Lipinski definition) is 1. The van der Waals surface area contributed by atoms with E-state index in [9.17, 15) is 4.39 Å². The van der Waals surface area contributed by atoms with E-state index in [0.717, 1.165) is 17.1 Å². The Labute approximate surface area is 94.6 Å². The van der Waals surface area contributed by atoms with Crippen LogP contribution >= 0.6 is 0 Å². The third kappa shape index (κ3) is 2.64. The first-order valence-corrected chi connectivity index (χ1v) is 5.56. The van der Waals surface area contributed by atoms with Crippen molar-refractivity contribution in [1.82, 2.24) is 5.32 Å². The van der Waals surface area contributed by atoms with Crippen molar-refractivity contribution in [1.29, 1.82) is 0 Å². The smallest absolute Gasteiger partial charge is 0.165 e. The molecule has 0 amide bonds. The Morgan fingerprint density at radius 1 is 1.25 bits per heavy atom. The van der Waals surface area contributed by atoms with Gasteiger partial charge in [0.05, 0.1) is 6.67 Å². The van der Waals surface area contributed by atoms with Gasteiger partial charge in [-0.1, -0.05) is 12.1 Å². The lowest BCUT2D eigenvalue weighted by atomic mass is 10.1. The van der Waals surface area contributed by atoms with E-state index in [1.165, 1.54) is 0 Å². The highest BCUT2D eigenvalue weighted by Gasteiger charge is 2.14. The molecule has 1 aliphatic heterocycles. The van der Waals surface area contributed by atoms with E-state index in [-0.39, 0.29) is 6.67 Å². The van der Waals surface area contributed by atoms with Crippen molar-refractivity contribution in [2.24, 2.45) is 0 Å². The summed E-state index contributed by atoms with van der Waals surface area (Å²) in [5.74, 6) is 1.62. The quantitative estimate of drug-likeness (QED) is 0.776. The summed E-state index contributed by atoms with van der Waals surface area (Å²) in [6.07, 6.45) is 0.548. The lowest BCUT2D eigenvalue weighted by molar-refractivity contribution is 0.169. The minimum atomic E-state index is -0.278. The van der Waals surface area contributed by atoms with Gasteiger partial charge in [-0.15, -0.1) is 0 Å². The van der Waals surface area contributed by atoms with Gasteiger partial charge in [-0.05, 0) is 19.0 Å². The summed E-state index contributed by atoms with van der Waals surface area (Å²) in [6, 6.07) is 5.84. The van der Waals surface area contributed by atoms with Crippen LogP contribution in [0.4, 0.5) is 4.39 Å². The SMILES string of the molecule is FCCCNCc1cccc2c1OCCO2. The molecule has 0 bridgehead atoms. The van der Waals surface area contributed by atoms with Crippen LogP contribution in [0.25, 0.3) is 0 Å². The molecule has 0 saturated carbocycles. The molecule has 16 heavy (non-hydrogen) atoms. The standard InChI is InChI=1S/C12H16FNO2/c13-5-2-6-14-9-10-3-1-4-11-12(10)16-8-7-15-11/h1,3-4,14H,2,5-9H2. The van der Waals surface area contributed by atoms with Gasteiger partial charge >= 0.3 is 0 Å². The van der Waals surface area contributed by atoms with Crippen molar-refractivity contribution >= 4 is 0 Å². The van der Waals surface area contributed by atoms with E-state index in [0.29, 0.717) is 32.7 Å². The molecule has 0 aliphatic carbocycles. The van der Waals surface area contributed by atoms with Crippen LogP contribution in [0.1, 0.15) is 12.0 Å². The van der Waals surface area contributed by atoms with Crippen LogP contribution in [0.3, 0.4) is 0 Å². The molecule has 1 aromatic rings. The fourth-order valence-corrected chi connectivity index (χ4v) is 1.69. The summed E-state index contributed by atoms with van der Waals surface area (Å²) in [6.45, 7) is 2.29. The molecular weight excluding hydrogens is 209 g/mol. The third-order valence-corrected chi connectivity index (χ3v) is 2.45. The average molecular weight is 225 g/mol. The van der Waals surface area contributed by atoms with E-state index in [1.54, 1.807) is 0 Å². The van der Waals surface area contributed by atoms with Crippen LogP contribution in [0, 0.1) is 0 Å². The number of benzene rings is 1. The number of para-hydroxylation sites is 1. The summed E-state index contributed by atoms with van der Waals surface area (Å²) in [4.78, 5) is 0. The molecule has 1 N–H and O–H groups in total. The van der Waals surface area contributed by atoms with Crippen molar-refractivity contribution < 1.29 is 13.9 Å². The molecule has 0 fully saturated rings. The lowest BCUT2D eigenvalue weighted by Crippen LogP contribution is -2.20. The topological polar surface area (TPSA) is 30.5 Å². The summed E-state index contributed by atoms with van der Waals surface area (Å²) in [7, 11) is 0. The monoisotopic (exact) mass is 225 g/mol. The van der Waals surface area contributed by atoms with Gasteiger partial charge in [0.2, 0.25) is 0 Å². The van der Waals surface area contributed by atoms with Gasteiger partial charge in [-0.3, -0.25) is 4.39 Å². The second-order valence-corrected chi connectivity index (χ2v) is 3.66. The molecule has 1 aromatic carbocycles. The fraction of sp³-hybridized carbons (Fsp3) is 0.500. The Morgan fingerprint density at radius 2 is 2.12 bits per heavy atom. The average Bonchev–Trinajstić information content (AvgIpc) is 2.35. The van der Waals surface area contributed by atoms with Crippen molar-refractivity contribution in [2.45, 2.75) is 13.0 Å². The van der Waals surface area contributed by atoms with Gasteiger partial charge in [0.15, 0.2) is 11.5 Å². The van der Waals surface area contributed by atoms with E-state index < -0.39 is 0 Å². The molecule has 1 aliphatic rings. The number of alkyl halides is 1. The molecule has 88 valence electrons. The third-order valence-electron chi connectivity index (χ3n) is 2.45. The van der Waals surface area contributed by atoms with Crippen LogP contribution < -0.4 is 14.8 Å². The molecule has 0 aromatic heterocycles. The molecule has 2 rings (SSSR count). The molecular formula is C12H16FNO2. The van der Waals surface area contributed by atoms with Crippen molar-refractivity contribution in [3.8, 4) is 11.5 Å². The lowest BCUT2D eigenvalue weighted by Gasteiger charge is -2.21. The van der Waals surface area contributed by atoms with Crippen LogP contribution in [0.15, 0.2) is 18.2 Å². The Kier molecular flexibility index (Phi) is 3.99. The summed E-state index contributed by atoms with van der Waals surface area (Å²) in [5, 5.41) is 3.18.